The molecular formula is C4H2ClN5. The molecule has 2 aromatic rings. The van der Waals surface area contributed by atoms with Crippen LogP contribution in [-0.4, -0.2) is 25.4 Å². The lowest BCUT2D eigenvalue weighted by atomic mass is 10.6. The fourth-order valence-corrected chi connectivity index (χ4v) is 0.842. The SMILES string of the molecule is Clc1nnnc2nc[nH]c12. The van der Waals surface area contributed by atoms with E-state index in [1.165, 1.54) is 6.33 Å². The molecule has 5 nitrogen and oxygen atoms in total. The number of H-pyrrole nitrogens is 1. The third kappa shape index (κ3) is 0.640. The molecule has 0 atom stereocenters. The molecule has 1 N–H and O–H groups in total. The molecule has 0 bridgehead atoms. The van der Waals surface area contributed by atoms with Crippen molar-refractivity contribution in [1.82, 2.24) is 25.4 Å². The van der Waals surface area contributed by atoms with Gasteiger partial charge in [-0.2, -0.15) is 0 Å². The molecule has 0 aliphatic heterocycles. The van der Waals surface area contributed by atoms with Crippen LogP contribution in [0.2, 0.25) is 5.15 Å². The third-order valence-corrected chi connectivity index (χ3v) is 1.36. The van der Waals surface area contributed by atoms with Crippen LogP contribution in [0.3, 0.4) is 0 Å². The monoisotopic (exact) mass is 155 g/mol. The van der Waals surface area contributed by atoms with Crippen molar-refractivity contribution in [1.29, 1.82) is 0 Å². The molecule has 0 spiro atoms. The average Bonchev–Trinajstić information content (AvgIpc) is 2.36. The predicted octanol–water partition coefficient (Wildman–Crippen LogP) is 0.401. The van der Waals surface area contributed by atoms with Crippen LogP contribution in [0.25, 0.3) is 11.2 Å². The molecule has 0 aliphatic carbocycles. The minimum atomic E-state index is 0.294. The first-order valence-electron chi connectivity index (χ1n) is 2.56. The Kier molecular flexibility index (Phi) is 1.04. The summed E-state index contributed by atoms with van der Waals surface area (Å²) < 4.78 is 0. The normalized spacial score (nSPS) is 10.5. The number of rotatable bonds is 0. The predicted molar refractivity (Wildman–Crippen MR) is 34.5 cm³/mol. The molecule has 2 aromatic heterocycles. The fraction of sp³-hybridized carbons (Fsp3) is 0. The molecule has 0 aromatic carbocycles. The summed E-state index contributed by atoms with van der Waals surface area (Å²) in [6.45, 7) is 0. The van der Waals surface area contributed by atoms with Crippen molar-refractivity contribution in [2.75, 3.05) is 0 Å². The number of fused-ring (bicyclic) bond motifs is 1. The maximum absolute atomic E-state index is 5.61. The average molecular weight is 156 g/mol. The van der Waals surface area contributed by atoms with Gasteiger partial charge in [-0.3, -0.25) is 0 Å². The zero-order chi connectivity index (χ0) is 6.97. The topological polar surface area (TPSA) is 67.3 Å². The van der Waals surface area contributed by atoms with Crippen LogP contribution >= 0.6 is 11.6 Å². The number of nitrogens with one attached hydrogen (secondary N) is 1. The smallest absolute Gasteiger partial charge is 0.204 e. The zero-order valence-electron chi connectivity index (χ0n) is 4.74. The van der Waals surface area contributed by atoms with Gasteiger partial charge in [-0.25, -0.2) is 4.98 Å². The Hall–Kier alpha value is -1.23. The highest BCUT2D eigenvalue weighted by molar-refractivity contribution is 6.33. The van der Waals surface area contributed by atoms with Gasteiger partial charge in [0.25, 0.3) is 0 Å². The Morgan fingerprint density at radius 1 is 1.40 bits per heavy atom. The summed E-state index contributed by atoms with van der Waals surface area (Å²) in [6.07, 6.45) is 1.49. The number of imidazole rings is 1. The molecule has 6 heteroatoms. The summed E-state index contributed by atoms with van der Waals surface area (Å²) in [6, 6.07) is 0. The maximum atomic E-state index is 5.61. The minimum absolute atomic E-state index is 0.294. The molecule has 2 heterocycles. The molecule has 0 fully saturated rings. The summed E-state index contributed by atoms with van der Waals surface area (Å²) >= 11 is 5.61. The van der Waals surface area contributed by atoms with E-state index in [4.69, 9.17) is 11.6 Å². The van der Waals surface area contributed by atoms with Crippen LogP contribution in [0.15, 0.2) is 6.33 Å². The van der Waals surface area contributed by atoms with Gasteiger partial charge in [-0.15, -0.1) is 10.2 Å². The van der Waals surface area contributed by atoms with E-state index < -0.39 is 0 Å². The van der Waals surface area contributed by atoms with Crippen molar-refractivity contribution in [2.45, 2.75) is 0 Å². The summed E-state index contributed by atoms with van der Waals surface area (Å²) in [5, 5.41) is 10.8. The summed E-state index contributed by atoms with van der Waals surface area (Å²) in [5.41, 5.74) is 1.11. The molecule has 0 radical (unpaired) electrons. The highest BCUT2D eigenvalue weighted by atomic mass is 35.5. The Bertz CT molecular complexity index is 355. The van der Waals surface area contributed by atoms with Gasteiger partial charge in [0.15, 0.2) is 5.15 Å². The second-order valence-corrected chi connectivity index (χ2v) is 2.04. The Morgan fingerprint density at radius 2 is 2.30 bits per heavy atom. The largest absolute Gasteiger partial charge is 0.341 e. The Labute approximate surface area is 60.4 Å². The first-order chi connectivity index (χ1) is 4.88. The maximum Gasteiger partial charge on any atom is 0.204 e. The van der Waals surface area contributed by atoms with Gasteiger partial charge in [0.2, 0.25) is 5.65 Å². The van der Waals surface area contributed by atoms with Gasteiger partial charge in [-0.05, 0) is 5.21 Å². The van der Waals surface area contributed by atoms with Gasteiger partial charge in [0, 0.05) is 0 Å². The van der Waals surface area contributed by atoms with E-state index in [2.05, 4.69) is 25.4 Å². The number of halogens is 1. The Morgan fingerprint density at radius 3 is 3.10 bits per heavy atom. The lowest BCUT2D eigenvalue weighted by Gasteiger charge is -1.84. The number of aromatic amines is 1. The van der Waals surface area contributed by atoms with Crippen LogP contribution in [-0.2, 0) is 0 Å². The first-order valence-corrected chi connectivity index (χ1v) is 2.93. The summed E-state index contributed by atoms with van der Waals surface area (Å²) in [4.78, 5) is 6.61. The van der Waals surface area contributed by atoms with E-state index in [1.807, 2.05) is 0 Å². The van der Waals surface area contributed by atoms with Crippen molar-refractivity contribution < 1.29 is 0 Å². The van der Waals surface area contributed by atoms with Crippen molar-refractivity contribution in [3.8, 4) is 0 Å². The highest BCUT2D eigenvalue weighted by Crippen LogP contribution is 2.12. The molecule has 0 saturated heterocycles. The molecule has 0 saturated carbocycles. The van der Waals surface area contributed by atoms with E-state index in [1.54, 1.807) is 0 Å². The van der Waals surface area contributed by atoms with Crippen molar-refractivity contribution in [3.63, 3.8) is 0 Å². The quantitative estimate of drug-likeness (QED) is 0.598. The molecule has 2 rings (SSSR count). The minimum Gasteiger partial charge on any atom is -0.341 e. The zero-order valence-corrected chi connectivity index (χ0v) is 5.50. The van der Waals surface area contributed by atoms with E-state index in [0.29, 0.717) is 16.3 Å². The van der Waals surface area contributed by atoms with E-state index in [-0.39, 0.29) is 0 Å². The standard InChI is InChI=1S/C4H2ClN5/c5-3-2-4(7-1-6-2)9-10-8-3/h1H,(H,6,7,8,9). The molecular weight excluding hydrogens is 154 g/mol. The van der Waals surface area contributed by atoms with Crippen LogP contribution in [0, 0.1) is 0 Å². The van der Waals surface area contributed by atoms with Crippen molar-refractivity contribution >= 4 is 22.8 Å². The highest BCUT2D eigenvalue weighted by Gasteiger charge is 2.01. The van der Waals surface area contributed by atoms with Crippen LogP contribution in [0.4, 0.5) is 0 Å². The molecule has 0 aliphatic rings. The summed E-state index contributed by atoms with van der Waals surface area (Å²) in [7, 11) is 0. The second-order valence-electron chi connectivity index (χ2n) is 1.68. The lowest BCUT2D eigenvalue weighted by molar-refractivity contribution is 0.889. The van der Waals surface area contributed by atoms with Gasteiger partial charge in [0.05, 0.1) is 6.33 Å². The fourth-order valence-electron chi connectivity index (χ4n) is 0.669. The van der Waals surface area contributed by atoms with Crippen molar-refractivity contribution in [3.05, 3.63) is 11.5 Å². The second kappa shape index (κ2) is 1.88. The van der Waals surface area contributed by atoms with Gasteiger partial charge < -0.3 is 4.98 Å². The lowest BCUT2D eigenvalue weighted by Crippen LogP contribution is -1.87. The van der Waals surface area contributed by atoms with E-state index >= 15 is 0 Å². The number of nitrogens with zero attached hydrogens (tertiary/aromatic N) is 4. The van der Waals surface area contributed by atoms with E-state index in [0.717, 1.165) is 0 Å². The third-order valence-electron chi connectivity index (χ3n) is 1.10. The molecule has 0 unspecified atom stereocenters. The number of hydrogen-bond donors (Lipinski definition) is 1. The van der Waals surface area contributed by atoms with Crippen molar-refractivity contribution in [2.24, 2.45) is 0 Å². The molecule has 10 heavy (non-hydrogen) atoms. The first kappa shape index (κ1) is 5.55. The van der Waals surface area contributed by atoms with Gasteiger partial charge >= 0.3 is 0 Å². The number of hydrogen-bond acceptors (Lipinski definition) is 4. The van der Waals surface area contributed by atoms with Gasteiger partial charge in [-0.1, -0.05) is 11.6 Å². The Balaban J connectivity index is 2.95. The van der Waals surface area contributed by atoms with Crippen LogP contribution in [0.1, 0.15) is 0 Å². The molecule has 50 valence electrons. The van der Waals surface area contributed by atoms with Gasteiger partial charge in [0.1, 0.15) is 5.52 Å². The van der Waals surface area contributed by atoms with Crippen LogP contribution in [0.5, 0.6) is 0 Å². The summed E-state index contributed by atoms with van der Waals surface area (Å²) in [5.74, 6) is 0. The van der Waals surface area contributed by atoms with Crippen LogP contribution < -0.4 is 0 Å². The van der Waals surface area contributed by atoms with E-state index in [9.17, 15) is 0 Å². The number of aromatic nitrogens is 5. The molecule has 0 amide bonds.